The molecule has 96 valence electrons. The highest BCUT2D eigenvalue weighted by Gasteiger charge is 2.11. The summed E-state index contributed by atoms with van der Waals surface area (Å²) in [6, 6.07) is 6.98. The van der Waals surface area contributed by atoms with Crippen LogP contribution in [0.5, 0.6) is 0 Å². The van der Waals surface area contributed by atoms with Crippen LogP contribution in [0.2, 0.25) is 15.3 Å². The van der Waals surface area contributed by atoms with Gasteiger partial charge in [-0.1, -0.05) is 23.2 Å². The highest BCUT2D eigenvalue weighted by atomic mass is 35.5. The van der Waals surface area contributed by atoms with E-state index < -0.39 is 0 Å². The maximum atomic E-state index is 6.16. The van der Waals surface area contributed by atoms with Crippen LogP contribution in [0, 0.1) is 6.92 Å². The lowest BCUT2D eigenvalue weighted by Crippen LogP contribution is -1.95. The van der Waals surface area contributed by atoms with E-state index >= 15 is 0 Å². The van der Waals surface area contributed by atoms with E-state index in [2.05, 4.69) is 15.1 Å². The average Bonchev–Trinajstić information content (AvgIpc) is 2.70. The van der Waals surface area contributed by atoms with E-state index in [9.17, 15) is 0 Å². The van der Waals surface area contributed by atoms with E-state index in [1.54, 1.807) is 31.2 Å². The lowest BCUT2D eigenvalue weighted by molar-refractivity contribution is 0.902. The van der Waals surface area contributed by atoms with Gasteiger partial charge in [0, 0.05) is 16.7 Å². The molecule has 0 atom stereocenters. The van der Waals surface area contributed by atoms with Crippen molar-refractivity contribution in [2.24, 2.45) is 0 Å². The van der Waals surface area contributed by atoms with E-state index in [-0.39, 0.29) is 5.28 Å². The van der Waals surface area contributed by atoms with Gasteiger partial charge in [-0.15, -0.1) is 5.10 Å². The van der Waals surface area contributed by atoms with E-state index in [1.807, 2.05) is 0 Å². The maximum absolute atomic E-state index is 6.16. The summed E-state index contributed by atoms with van der Waals surface area (Å²) in [6.07, 6.45) is 0. The van der Waals surface area contributed by atoms with Crippen LogP contribution in [0.1, 0.15) is 5.82 Å². The number of halogens is 3. The predicted octanol–water partition coefficient (Wildman–Crippen LogP) is 4.06. The van der Waals surface area contributed by atoms with Gasteiger partial charge in [0.2, 0.25) is 5.28 Å². The molecule has 2 aromatic heterocycles. The van der Waals surface area contributed by atoms with Crippen LogP contribution in [-0.2, 0) is 0 Å². The van der Waals surface area contributed by atoms with Crippen LogP contribution in [0.25, 0.3) is 16.9 Å². The van der Waals surface area contributed by atoms with Gasteiger partial charge in [-0.3, -0.25) is 0 Å². The number of nitrogens with zero attached hydrogens (tertiary/aromatic N) is 4. The van der Waals surface area contributed by atoms with Gasteiger partial charge in [0.25, 0.3) is 0 Å². The minimum absolute atomic E-state index is 0.235. The number of benzene rings is 1. The molecule has 0 aliphatic rings. The van der Waals surface area contributed by atoms with E-state index in [1.165, 1.54) is 4.52 Å². The third-order valence-corrected chi connectivity index (χ3v) is 3.39. The summed E-state index contributed by atoms with van der Waals surface area (Å²) in [7, 11) is 0. The number of rotatable bonds is 1. The number of hydrogen-bond donors (Lipinski definition) is 0. The Bertz CT molecular complexity index is 782. The first kappa shape index (κ1) is 12.7. The normalized spacial score (nSPS) is 11.2. The Morgan fingerprint density at radius 2 is 1.84 bits per heavy atom. The van der Waals surface area contributed by atoms with Gasteiger partial charge in [-0.2, -0.15) is 4.52 Å². The van der Waals surface area contributed by atoms with Crippen molar-refractivity contribution in [1.82, 2.24) is 19.6 Å². The van der Waals surface area contributed by atoms with Crippen molar-refractivity contribution in [2.45, 2.75) is 6.92 Å². The molecule has 0 aliphatic carbocycles. The third kappa shape index (κ3) is 2.27. The molecule has 3 rings (SSSR count). The van der Waals surface area contributed by atoms with E-state index in [0.29, 0.717) is 27.2 Å². The second-order valence-corrected chi connectivity index (χ2v) is 5.15. The summed E-state index contributed by atoms with van der Waals surface area (Å²) in [4.78, 5) is 8.54. The molecule has 19 heavy (non-hydrogen) atoms. The monoisotopic (exact) mass is 312 g/mol. The maximum Gasteiger partial charge on any atom is 0.226 e. The lowest BCUT2D eigenvalue weighted by atomic mass is 10.1. The van der Waals surface area contributed by atoms with Crippen LogP contribution in [0.3, 0.4) is 0 Å². The zero-order chi connectivity index (χ0) is 13.6. The molecule has 0 N–H and O–H groups in total. The van der Waals surface area contributed by atoms with E-state index in [4.69, 9.17) is 34.8 Å². The molecular weight excluding hydrogens is 307 g/mol. The molecule has 3 aromatic rings. The lowest BCUT2D eigenvalue weighted by Gasteiger charge is -2.05. The van der Waals surface area contributed by atoms with Crippen LogP contribution >= 0.6 is 34.8 Å². The fraction of sp³-hybridized carbons (Fsp3) is 0.0833. The number of hydrogen-bond acceptors (Lipinski definition) is 3. The average molecular weight is 314 g/mol. The largest absolute Gasteiger partial charge is 0.226 e. The summed E-state index contributed by atoms with van der Waals surface area (Å²) in [5.74, 6) is 0.628. The first-order valence-electron chi connectivity index (χ1n) is 5.40. The summed E-state index contributed by atoms with van der Waals surface area (Å²) >= 11 is 18.1. The van der Waals surface area contributed by atoms with Crippen molar-refractivity contribution >= 4 is 40.4 Å². The Morgan fingerprint density at radius 3 is 2.58 bits per heavy atom. The number of aryl methyl sites for hydroxylation is 1. The van der Waals surface area contributed by atoms with Gasteiger partial charge in [0.1, 0.15) is 5.82 Å². The number of aromatic nitrogens is 4. The van der Waals surface area contributed by atoms with Crippen LogP contribution in [-0.4, -0.2) is 19.6 Å². The van der Waals surface area contributed by atoms with Gasteiger partial charge in [0.05, 0.1) is 10.7 Å². The van der Waals surface area contributed by atoms with Gasteiger partial charge in [0.15, 0.2) is 5.65 Å². The van der Waals surface area contributed by atoms with Crippen LogP contribution < -0.4 is 0 Å². The summed E-state index contributed by atoms with van der Waals surface area (Å²) < 4.78 is 1.48. The Balaban J connectivity index is 2.25. The van der Waals surface area contributed by atoms with Crippen molar-refractivity contribution in [3.8, 4) is 11.3 Å². The van der Waals surface area contributed by atoms with Crippen molar-refractivity contribution in [2.75, 3.05) is 0 Å². The van der Waals surface area contributed by atoms with Crippen molar-refractivity contribution < 1.29 is 0 Å². The minimum Gasteiger partial charge on any atom is -0.218 e. The molecule has 0 saturated carbocycles. The standard InChI is InChI=1S/C12H7Cl3N4/c1-6-16-11-5-10(17-12(15)19(11)18-6)8-3-2-7(13)4-9(8)14/h2-5H,1H3. The molecule has 0 amide bonds. The minimum atomic E-state index is 0.235. The van der Waals surface area contributed by atoms with Gasteiger partial charge in [-0.05, 0) is 36.7 Å². The zero-order valence-corrected chi connectivity index (χ0v) is 12.0. The van der Waals surface area contributed by atoms with Crippen molar-refractivity contribution in [3.63, 3.8) is 0 Å². The summed E-state index contributed by atoms with van der Waals surface area (Å²) in [5, 5.41) is 5.46. The molecule has 0 saturated heterocycles. The second-order valence-electron chi connectivity index (χ2n) is 3.96. The molecule has 0 aliphatic heterocycles. The zero-order valence-electron chi connectivity index (χ0n) is 9.73. The molecular formula is C12H7Cl3N4. The van der Waals surface area contributed by atoms with Crippen molar-refractivity contribution in [1.29, 1.82) is 0 Å². The third-order valence-electron chi connectivity index (χ3n) is 2.60. The topological polar surface area (TPSA) is 43.1 Å². The smallest absolute Gasteiger partial charge is 0.218 e. The Kier molecular flexibility index (Phi) is 3.09. The van der Waals surface area contributed by atoms with Gasteiger partial charge < -0.3 is 0 Å². The molecule has 2 heterocycles. The Labute approximate surface area is 124 Å². The van der Waals surface area contributed by atoms with Gasteiger partial charge >= 0.3 is 0 Å². The van der Waals surface area contributed by atoms with Crippen LogP contribution in [0.15, 0.2) is 24.3 Å². The first-order valence-corrected chi connectivity index (χ1v) is 6.53. The molecule has 0 fully saturated rings. The number of fused-ring (bicyclic) bond motifs is 1. The van der Waals surface area contributed by atoms with Gasteiger partial charge in [-0.25, -0.2) is 9.97 Å². The molecule has 4 nitrogen and oxygen atoms in total. The molecule has 0 radical (unpaired) electrons. The molecule has 1 aromatic carbocycles. The van der Waals surface area contributed by atoms with Crippen molar-refractivity contribution in [3.05, 3.63) is 45.4 Å². The predicted molar refractivity (Wildman–Crippen MR) is 76.0 cm³/mol. The Hall–Kier alpha value is -1.36. The van der Waals surface area contributed by atoms with E-state index in [0.717, 1.165) is 5.56 Å². The highest BCUT2D eigenvalue weighted by Crippen LogP contribution is 2.30. The summed E-state index contributed by atoms with van der Waals surface area (Å²) in [6.45, 7) is 1.79. The fourth-order valence-electron chi connectivity index (χ4n) is 1.80. The molecule has 0 unspecified atom stereocenters. The highest BCUT2D eigenvalue weighted by molar-refractivity contribution is 6.36. The Morgan fingerprint density at radius 1 is 1.05 bits per heavy atom. The molecule has 0 spiro atoms. The fourth-order valence-corrected chi connectivity index (χ4v) is 2.52. The van der Waals surface area contributed by atoms with Crippen LogP contribution in [0.4, 0.5) is 0 Å². The molecule has 7 heteroatoms. The summed E-state index contributed by atoms with van der Waals surface area (Å²) in [5.41, 5.74) is 2.00. The second kappa shape index (κ2) is 4.63. The SMILES string of the molecule is Cc1nc2cc(-c3ccc(Cl)cc3Cl)nc(Cl)n2n1. The quantitative estimate of drug-likeness (QED) is 0.636. The first-order chi connectivity index (χ1) is 9.04. The molecule has 0 bridgehead atoms.